The first-order valence-corrected chi connectivity index (χ1v) is 6.16. The normalized spacial score (nSPS) is 10.6. The van der Waals surface area contributed by atoms with Crippen molar-refractivity contribution in [3.8, 4) is 11.3 Å². The van der Waals surface area contributed by atoms with Gasteiger partial charge in [-0.15, -0.1) is 0 Å². The van der Waals surface area contributed by atoms with E-state index in [2.05, 4.69) is 25.9 Å². The van der Waals surface area contributed by atoms with E-state index in [1.165, 1.54) is 12.1 Å². The molecule has 2 rings (SSSR count). The van der Waals surface area contributed by atoms with Crippen LogP contribution in [0.4, 0.5) is 4.39 Å². The third kappa shape index (κ3) is 2.28. The van der Waals surface area contributed by atoms with E-state index in [4.69, 9.17) is 5.73 Å². The molecule has 0 saturated heterocycles. The van der Waals surface area contributed by atoms with Gasteiger partial charge in [-0.05, 0) is 28.1 Å². The predicted octanol–water partition coefficient (Wildman–Crippen LogP) is 2.64. The molecule has 3 N–H and O–H groups in total. The number of aromatic amines is 1. The Morgan fingerprint density at radius 1 is 1.56 bits per heavy atom. The van der Waals surface area contributed by atoms with Crippen LogP contribution in [0.3, 0.4) is 0 Å². The van der Waals surface area contributed by atoms with Gasteiger partial charge in [0.15, 0.2) is 0 Å². The van der Waals surface area contributed by atoms with Crippen LogP contribution in [0.5, 0.6) is 0 Å². The molecule has 0 saturated carbocycles. The van der Waals surface area contributed by atoms with Crippen LogP contribution in [0, 0.1) is 5.82 Å². The van der Waals surface area contributed by atoms with Gasteiger partial charge >= 0.3 is 0 Å². The first-order valence-electron chi connectivity index (χ1n) is 5.37. The zero-order chi connectivity index (χ0) is 13.3. The molecule has 0 aliphatic heterocycles. The van der Waals surface area contributed by atoms with Crippen LogP contribution in [0.1, 0.15) is 23.1 Å². The number of rotatable bonds is 3. The Morgan fingerprint density at radius 3 is 2.78 bits per heavy atom. The Kier molecular flexibility index (Phi) is 3.47. The summed E-state index contributed by atoms with van der Waals surface area (Å²) in [6.07, 6.45) is 0.750. The number of amides is 1. The van der Waals surface area contributed by atoms with Gasteiger partial charge in [0.2, 0.25) is 0 Å². The highest BCUT2D eigenvalue weighted by atomic mass is 79.9. The van der Waals surface area contributed by atoms with Crippen molar-refractivity contribution >= 4 is 21.8 Å². The van der Waals surface area contributed by atoms with Crippen LogP contribution in [0.15, 0.2) is 22.8 Å². The molecule has 0 bridgehead atoms. The van der Waals surface area contributed by atoms with Gasteiger partial charge in [-0.1, -0.05) is 13.0 Å². The topological polar surface area (TPSA) is 71.8 Å². The van der Waals surface area contributed by atoms with E-state index in [1.54, 1.807) is 6.07 Å². The molecule has 0 radical (unpaired) electrons. The van der Waals surface area contributed by atoms with E-state index in [0.717, 1.165) is 12.2 Å². The van der Waals surface area contributed by atoms with Crippen LogP contribution < -0.4 is 5.73 Å². The summed E-state index contributed by atoms with van der Waals surface area (Å²) in [6, 6.07) is 4.23. The van der Waals surface area contributed by atoms with Gasteiger partial charge in [-0.2, -0.15) is 0 Å². The molecule has 1 aromatic carbocycles. The van der Waals surface area contributed by atoms with Gasteiger partial charge in [-0.25, -0.2) is 9.37 Å². The summed E-state index contributed by atoms with van der Waals surface area (Å²) in [7, 11) is 0. The number of H-pyrrole nitrogens is 1. The summed E-state index contributed by atoms with van der Waals surface area (Å²) in [6.45, 7) is 1.96. The maximum absolute atomic E-state index is 13.7. The molecule has 4 nitrogen and oxygen atoms in total. The molecule has 2 aromatic rings. The molecule has 0 aliphatic carbocycles. The number of aryl methyl sites for hydroxylation is 1. The van der Waals surface area contributed by atoms with Gasteiger partial charge in [0.05, 0.1) is 5.56 Å². The number of primary amides is 1. The molecule has 0 unspecified atom stereocenters. The van der Waals surface area contributed by atoms with Gasteiger partial charge in [0, 0.05) is 12.0 Å². The van der Waals surface area contributed by atoms with Crippen LogP contribution in [0.2, 0.25) is 0 Å². The van der Waals surface area contributed by atoms with Crippen molar-refractivity contribution in [1.82, 2.24) is 9.97 Å². The third-order valence-corrected chi connectivity index (χ3v) is 3.13. The smallest absolute Gasteiger partial charge is 0.251 e. The molecule has 0 fully saturated rings. The molecule has 18 heavy (non-hydrogen) atoms. The lowest BCUT2D eigenvalue weighted by Crippen LogP contribution is -2.12. The van der Waals surface area contributed by atoms with Crippen molar-refractivity contribution in [2.24, 2.45) is 5.73 Å². The molecule has 1 heterocycles. The minimum Gasteiger partial charge on any atom is -0.366 e. The molecule has 1 amide bonds. The molecule has 6 heteroatoms. The molecular formula is C12H11BrFN3O. The van der Waals surface area contributed by atoms with Crippen molar-refractivity contribution in [3.63, 3.8) is 0 Å². The summed E-state index contributed by atoms with van der Waals surface area (Å²) >= 11 is 3.33. The number of carbonyl (C=O) groups is 1. The largest absolute Gasteiger partial charge is 0.366 e. The Labute approximate surface area is 112 Å². The Balaban J connectivity index is 2.48. The highest BCUT2D eigenvalue weighted by Crippen LogP contribution is 2.27. The number of nitrogens with one attached hydrogen (secondary N) is 1. The van der Waals surface area contributed by atoms with Gasteiger partial charge in [0.1, 0.15) is 21.9 Å². The molecule has 94 valence electrons. The number of hydrogen-bond donors (Lipinski definition) is 2. The van der Waals surface area contributed by atoms with Crippen LogP contribution in [0.25, 0.3) is 11.3 Å². The predicted molar refractivity (Wildman–Crippen MR) is 69.6 cm³/mol. The average molecular weight is 312 g/mol. The lowest BCUT2D eigenvalue weighted by molar-refractivity contribution is 0.0996. The maximum Gasteiger partial charge on any atom is 0.251 e. The van der Waals surface area contributed by atoms with Crippen LogP contribution in [-0.2, 0) is 6.42 Å². The monoisotopic (exact) mass is 311 g/mol. The quantitative estimate of drug-likeness (QED) is 0.914. The number of aromatic nitrogens is 2. The second-order valence-electron chi connectivity index (χ2n) is 3.76. The summed E-state index contributed by atoms with van der Waals surface area (Å²) in [4.78, 5) is 18.3. The second kappa shape index (κ2) is 4.89. The number of nitrogens with two attached hydrogens (primary N) is 1. The Bertz CT molecular complexity index is 609. The minimum atomic E-state index is -0.783. The van der Waals surface area contributed by atoms with E-state index in [9.17, 15) is 9.18 Å². The number of halogens is 2. The lowest BCUT2D eigenvalue weighted by Gasteiger charge is -2.01. The molecule has 0 spiro atoms. The number of imidazole rings is 1. The van der Waals surface area contributed by atoms with E-state index in [0.29, 0.717) is 15.9 Å². The summed E-state index contributed by atoms with van der Waals surface area (Å²) in [5.41, 5.74) is 6.12. The minimum absolute atomic E-state index is 0.124. The number of benzene rings is 1. The van der Waals surface area contributed by atoms with Gasteiger partial charge in [-0.3, -0.25) is 4.79 Å². The fraction of sp³-hybridized carbons (Fsp3) is 0.167. The lowest BCUT2D eigenvalue weighted by atomic mass is 10.1. The van der Waals surface area contributed by atoms with Crippen LogP contribution >= 0.6 is 15.9 Å². The Hall–Kier alpha value is -1.69. The standard InChI is InChI=1S/C12H11BrFN3O/c1-2-9-16-10(11(13)17-9)6-3-4-7(12(15)18)8(14)5-6/h3-5H,2H2,1H3,(H2,15,18)(H,16,17). The molecule has 0 atom stereocenters. The molecule has 0 aliphatic rings. The highest BCUT2D eigenvalue weighted by molar-refractivity contribution is 9.10. The number of nitrogens with zero attached hydrogens (tertiary/aromatic N) is 1. The summed E-state index contributed by atoms with van der Waals surface area (Å²) in [5.74, 6) is -0.626. The zero-order valence-electron chi connectivity index (χ0n) is 9.63. The number of carbonyl (C=O) groups excluding carboxylic acids is 1. The SMILES string of the molecule is CCc1nc(-c2ccc(C(N)=O)c(F)c2)c(Br)[nH]1. The zero-order valence-corrected chi connectivity index (χ0v) is 11.2. The molecule has 1 aromatic heterocycles. The van der Waals surface area contributed by atoms with Crippen LogP contribution in [-0.4, -0.2) is 15.9 Å². The van der Waals surface area contributed by atoms with E-state index in [-0.39, 0.29) is 5.56 Å². The van der Waals surface area contributed by atoms with Crippen molar-refractivity contribution in [3.05, 3.63) is 40.0 Å². The number of hydrogen-bond acceptors (Lipinski definition) is 2. The van der Waals surface area contributed by atoms with Crippen molar-refractivity contribution in [1.29, 1.82) is 0 Å². The van der Waals surface area contributed by atoms with Crippen molar-refractivity contribution < 1.29 is 9.18 Å². The highest BCUT2D eigenvalue weighted by Gasteiger charge is 2.13. The van der Waals surface area contributed by atoms with Crippen molar-refractivity contribution in [2.45, 2.75) is 13.3 Å². The van der Waals surface area contributed by atoms with Gasteiger partial charge < -0.3 is 10.7 Å². The first-order chi connectivity index (χ1) is 8.52. The van der Waals surface area contributed by atoms with Gasteiger partial charge in [0.25, 0.3) is 5.91 Å². The van der Waals surface area contributed by atoms with E-state index >= 15 is 0 Å². The Morgan fingerprint density at radius 2 is 2.28 bits per heavy atom. The second-order valence-corrected chi connectivity index (χ2v) is 4.55. The fourth-order valence-electron chi connectivity index (χ4n) is 1.62. The third-order valence-electron chi connectivity index (χ3n) is 2.55. The first kappa shape index (κ1) is 12.8. The van der Waals surface area contributed by atoms with E-state index < -0.39 is 11.7 Å². The molecular weight excluding hydrogens is 301 g/mol. The summed E-state index contributed by atoms with van der Waals surface area (Å²) < 4.78 is 14.3. The maximum atomic E-state index is 13.7. The fourth-order valence-corrected chi connectivity index (χ4v) is 2.17. The van der Waals surface area contributed by atoms with Crippen molar-refractivity contribution in [2.75, 3.05) is 0 Å². The average Bonchev–Trinajstić information content (AvgIpc) is 2.70. The van der Waals surface area contributed by atoms with E-state index in [1.807, 2.05) is 6.92 Å². The summed E-state index contributed by atoms with van der Waals surface area (Å²) in [5, 5.41) is 0.